The first-order valence-electron chi connectivity index (χ1n) is 7.31. The monoisotopic (exact) mass is 305 g/mol. The fourth-order valence-electron chi connectivity index (χ4n) is 3.08. The summed E-state index contributed by atoms with van der Waals surface area (Å²) < 4.78 is 1.97. The number of para-hydroxylation sites is 2. The van der Waals surface area contributed by atoms with Crippen molar-refractivity contribution < 1.29 is 9.63 Å². The molecule has 0 saturated carbocycles. The smallest absolute Gasteiger partial charge is 0.214 e. The molecule has 0 bridgehead atoms. The van der Waals surface area contributed by atoms with Crippen LogP contribution in [0, 0.1) is 0 Å². The summed E-state index contributed by atoms with van der Waals surface area (Å²) >= 11 is 0. The minimum atomic E-state index is -0.0592. The molecule has 1 aliphatic heterocycles. The van der Waals surface area contributed by atoms with E-state index < -0.39 is 0 Å². The largest absolute Gasteiger partial charge is 0.328 e. The lowest BCUT2D eigenvalue weighted by molar-refractivity contribution is 0.107. The van der Waals surface area contributed by atoms with Gasteiger partial charge >= 0.3 is 0 Å². The third kappa shape index (κ3) is 1.90. The molecular weight excluding hydrogens is 290 g/mol. The van der Waals surface area contributed by atoms with E-state index in [9.17, 15) is 4.79 Å². The number of Topliss-reactive ketones (excluding diaryl/α,β-unsaturated/α-hetero) is 1. The highest BCUT2D eigenvalue weighted by Crippen LogP contribution is 2.36. The number of aliphatic imine (C=N–C) groups is 1. The highest BCUT2D eigenvalue weighted by Gasteiger charge is 2.30. The van der Waals surface area contributed by atoms with Crippen LogP contribution in [0.4, 0.5) is 11.5 Å². The van der Waals surface area contributed by atoms with Gasteiger partial charge in [-0.1, -0.05) is 30.3 Å². The number of hydrogen-bond acceptors (Lipinski definition) is 4. The van der Waals surface area contributed by atoms with E-state index in [1.165, 1.54) is 0 Å². The Balaban J connectivity index is 2.00. The highest BCUT2D eigenvalue weighted by molar-refractivity contribution is 6.57. The standard InChI is InChI=1S/C18H15N3O2/c1-21-14-10-6-4-8-12(14)15(18(21)20-23-2)16-17(22)11-7-3-5-9-13(11)19-16/h3-10,20H,1-2H3. The van der Waals surface area contributed by atoms with E-state index >= 15 is 0 Å². The van der Waals surface area contributed by atoms with Crippen LogP contribution in [0.25, 0.3) is 10.9 Å². The third-order valence-corrected chi connectivity index (χ3v) is 4.14. The minimum Gasteiger partial charge on any atom is -0.328 e. The van der Waals surface area contributed by atoms with Gasteiger partial charge in [-0.05, 0) is 18.2 Å². The number of ketones is 1. The van der Waals surface area contributed by atoms with Crippen molar-refractivity contribution in [2.75, 3.05) is 12.6 Å². The maximum absolute atomic E-state index is 12.8. The zero-order chi connectivity index (χ0) is 16.0. The van der Waals surface area contributed by atoms with Crippen molar-refractivity contribution in [3.63, 3.8) is 0 Å². The molecule has 0 aliphatic carbocycles. The Morgan fingerprint density at radius 1 is 1.09 bits per heavy atom. The molecule has 23 heavy (non-hydrogen) atoms. The molecule has 1 N–H and O–H groups in total. The summed E-state index contributed by atoms with van der Waals surface area (Å²) in [7, 11) is 3.48. The van der Waals surface area contributed by atoms with Gasteiger partial charge in [0, 0.05) is 18.0 Å². The molecule has 0 fully saturated rings. The highest BCUT2D eigenvalue weighted by atomic mass is 16.6. The van der Waals surface area contributed by atoms with Crippen LogP contribution in [0.3, 0.4) is 0 Å². The minimum absolute atomic E-state index is 0.0592. The van der Waals surface area contributed by atoms with Gasteiger partial charge in [0.25, 0.3) is 0 Å². The normalized spacial score (nSPS) is 13.3. The zero-order valence-electron chi connectivity index (χ0n) is 12.8. The van der Waals surface area contributed by atoms with Crippen molar-refractivity contribution >= 4 is 33.9 Å². The molecule has 1 aliphatic rings. The van der Waals surface area contributed by atoms with Gasteiger partial charge in [-0.25, -0.2) is 4.99 Å². The average Bonchev–Trinajstić information content (AvgIpc) is 3.05. The van der Waals surface area contributed by atoms with Crippen molar-refractivity contribution in [2.45, 2.75) is 0 Å². The van der Waals surface area contributed by atoms with E-state index in [2.05, 4.69) is 10.5 Å². The number of carbonyl (C=O) groups is 1. The van der Waals surface area contributed by atoms with Crippen LogP contribution in [-0.2, 0) is 11.9 Å². The van der Waals surface area contributed by atoms with Crippen LogP contribution < -0.4 is 5.48 Å². The van der Waals surface area contributed by atoms with Gasteiger partial charge in [-0.2, -0.15) is 0 Å². The molecule has 0 amide bonds. The van der Waals surface area contributed by atoms with Gasteiger partial charge in [0.1, 0.15) is 11.5 Å². The number of carbonyl (C=O) groups excluding carboxylic acids is 1. The summed E-state index contributed by atoms with van der Waals surface area (Å²) in [5, 5.41) is 0.967. The van der Waals surface area contributed by atoms with Crippen molar-refractivity contribution in [3.05, 3.63) is 59.7 Å². The molecule has 0 saturated heterocycles. The maximum Gasteiger partial charge on any atom is 0.214 e. The molecule has 1 aromatic heterocycles. The van der Waals surface area contributed by atoms with Crippen molar-refractivity contribution in [3.8, 4) is 0 Å². The second kappa shape index (κ2) is 5.07. The summed E-state index contributed by atoms with van der Waals surface area (Å²) in [5.74, 6) is 0.657. The Labute approximate surface area is 133 Å². The average molecular weight is 305 g/mol. The number of nitrogens with zero attached hydrogens (tertiary/aromatic N) is 2. The second-order valence-corrected chi connectivity index (χ2v) is 5.41. The van der Waals surface area contributed by atoms with Crippen molar-refractivity contribution in [1.82, 2.24) is 4.57 Å². The van der Waals surface area contributed by atoms with Gasteiger partial charge in [0.05, 0.1) is 23.9 Å². The molecule has 0 atom stereocenters. The predicted molar refractivity (Wildman–Crippen MR) is 90.5 cm³/mol. The number of benzene rings is 2. The number of aromatic nitrogens is 1. The Morgan fingerprint density at radius 2 is 1.83 bits per heavy atom. The van der Waals surface area contributed by atoms with E-state index in [0.29, 0.717) is 22.8 Å². The topological polar surface area (TPSA) is 55.6 Å². The van der Waals surface area contributed by atoms with E-state index in [4.69, 9.17) is 4.84 Å². The number of fused-ring (bicyclic) bond motifs is 2. The van der Waals surface area contributed by atoms with E-state index in [1.54, 1.807) is 7.11 Å². The van der Waals surface area contributed by atoms with Crippen LogP contribution in [0.2, 0.25) is 0 Å². The predicted octanol–water partition coefficient (Wildman–Crippen LogP) is 3.47. The fourth-order valence-corrected chi connectivity index (χ4v) is 3.08. The SMILES string of the molecule is CONc1c(C2=Nc3ccccc3C2=O)c2ccccc2n1C. The summed E-state index contributed by atoms with van der Waals surface area (Å²) in [6.07, 6.45) is 0. The van der Waals surface area contributed by atoms with Gasteiger partial charge in [-0.15, -0.1) is 0 Å². The van der Waals surface area contributed by atoms with Crippen molar-refractivity contribution in [1.29, 1.82) is 0 Å². The maximum atomic E-state index is 12.8. The molecule has 2 aromatic carbocycles. The first kappa shape index (κ1) is 13.7. The van der Waals surface area contributed by atoms with E-state index in [-0.39, 0.29) is 5.78 Å². The molecule has 2 heterocycles. The van der Waals surface area contributed by atoms with Crippen LogP contribution in [-0.4, -0.2) is 23.2 Å². The lowest BCUT2D eigenvalue weighted by atomic mass is 10.0. The summed E-state index contributed by atoms with van der Waals surface area (Å²) in [5.41, 5.74) is 6.46. The lowest BCUT2D eigenvalue weighted by Gasteiger charge is -2.08. The zero-order valence-corrected chi connectivity index (χ0v) is 12.8. The van der Waals surface area contributed by atoms with Crippen LogP contribution in [0.1, 0.15) is 15.9 Å². The summed E-state index contributed by atoms with van der Waals surface area (Å²) in [6.45, 7) is 0. The first-order chi connectivity index (χ1) is 11.2. The third-order valence-electron chi connectivity index (χ3n) is 4.14. The molecule has 0 radical (unpaired) electrons. The number of rotatable bonds is 3. The van der Waals surface area contributed by atoms with Crippen LogP contribution in [0.5, 0.6) is 0 Å². The molecule has 0 spiro atoms. The summed E-state index contributed by atoms with van der Waals surface area (Å²) in [4.78, 5) is 22.5. The number of nitrogens with one attached hydrogen (secondary N) is 1. The molecule has 3 aromatic rings. The number of anilines is 1. The van der Waals surface area contributed by atoms with Gasteiger partial charge < -0.3 is 4.57 Å². The number of hydrogen-bond donors (Lipinski definition) is 1. The lowest BCUT2D eigenvalue weighted by Crippen LogP contribution is -2.14. The van der Waals surface area contributed by atoms with E-state index in [0.717, 1.165) is 16.5 Å². The van der Waals surface area contributed by atoms with Gasteiger partial charge in [0.2, 0.25) is 5.78 Å². The Morgan fingerprint density at radius 3 is 2.61 bits per heavy atom. The first-order valence-corrected chi connectivity index (χ1v) is 7.31. The molecule has 4 rings (SSSR count). The Hall–Kier alpha value is -2.92. The van der Waals surface area contributed by atoms with E-state index in [1.807, 2.05) is 60.1 Å². The fraction of sp³-hybridized carbons (Fsp3) is 0.111. The quantitative estimate of drug-likeness (QED) is 0.754. The molecule has 5 heteroatoms. The molecule has 114 valence electrons. The molecular formula is C18H15N3O2. The number of aryl methyl sites for hydroxylation is 1. The van der Waals surface area contributed by atoms with Crippen LogP contribution >= 0.6 is 0 Å². The van der Waals surface area contributed by atoms with Crippen LogP contribution in [0.15, 0.2) is 53.5 Å². The summed E-state index contributed by atoms with van der Waals surface area (Å²) in [6, 6.07) is 15.3. The van der Waals surface area contributed by atoms with Gasteiger partial charge in [-0.3, -0.25) is 15.1 Å². The van der Waals surface area contributed by atoms with Gasteiger partial charge in [0.15, 0.2) is 0 Å². The molecule has 5 nitrogen and oxygen atoms in total. The molecule has 0 unspecified atom stereocenters. The second-order valence-electron chi connectivity index (χ2n) is 5.41. The van der Waals surface area contributed by atoms with Crippen molar-refractivity contribution in [2.24, 2.45) is 12.0 Å². The Kier molecular flexibility index (Phi) is 3.02. The Bertz CT molecular complexity index is 970.